The predicted octanol–water partition coefficient (Wildman–Crippen LogP) is -7.44. The molecule has 0 aliphatic carbocycles. The molecule has 0 heterocycles. The van der Waals surface area contributed by atoms with Gasteiger partial charge in [-0.05, 0) is 0 Å². The van der Waals surface area contributed by atoms with Crippen molar-refractivity contribution >= 4 is 78.5 Å². The lowest BCUT2D eigenvalue weighted by Gasteiger charge is -2.12. The predicted molar refractivity (Wildman–Crippen MR) is 146 cm³/mol. The number of nitrogens with one attached hydrogen (secondary N) is 8. The van der Waals surface area contributed by atoms with E-state index in [9.17, 15) is 43.2 Å². The second-order valence-corrected chi connectivity index (χ2v) is 8.54. The van der Waals surface area contributed by atoms with Crippen molar-refractivity contribution in [2.75, 3.05) is 57.3 Å². The summed E-state index contributed by atoms with van der Waals surface area (Å²) in [6, 6.07) is -2.12. The Labute approximate surface area is 244 Å². The van der Waals surface area contributed by atoms with Gasteiger partial charge in [0, 0.05) is 11.5 Å². The Morgan fingerprint density at radius 2 is 0.805 bits per heavy atom. The molecule has 0 fully saturated rings. The highest BCUT2D eigenvalue weighted by Gasteiger charge is 2.18. The number of hydrogen-bond donors (Lipinski definition) is 12. The fourth-order valence-corrected chi connectivity index (χ4v) is 2.67. The maximum Gasteiger partial charge on any atom is 0.327 e. The lowest BCUT2D eigenvalue weighted by atomic mass is 10.3. The molecule has 0 saturated carbocycles. The number of carbonyl (C=O) groups is 9. The zero-order chi connectivity index (χ0) is 31.4. The Bertz CT molecular complexity index is 999. The minimum absolute atomic E-state index is 0.0805. The molecule has 21 heteroatoms. The van der Waals surface area contributed by atoms with Gasteiger partial charge in [-0.2, -0.15) is 25.3 Å². The second kappa shape index (κ2) is 20.7. The van der Waals surface area contributed by atoms with E-state index in [1.807, 2.05) is 0 Å². The van der Waals surface area contributed by atoms with Gasteiger partial charge < -0.3 is 53.4 Å². The molecule has 230 valence electrons. The summed E-state index contributed by atoms with van der Waals surface area (Å²) in [6.07, 6.45) is 0. The van der Waals surface area contributed by atoms with Crippen LogP contribution < -0.4 is 48.3 Å². The number of aliphatic carboxylic acids is 1. The Hall–Kier alpha value is -4.11. The number of thiol groups is 2. The lowest BCUT2D eigenvalue weighted by molar-refractivity contribution is -0.141. The van der Waals surface area contributed by atoms with E-state index in [-0.39, 0.29) is 11.5 Å². The van der Waals surface area contributed by atoms with Crippen LogP contribution in [0.25, 0.3) is 0 Å². The number of carboxylic acid groups (broad SMARTS) is 1. The van der Waals surface area contributed by atoms with Crippen molar-refractivity contribution in [1.29, 1.82) is 0 Å². The minimum Gasteiger partial charge on any atom is -0.480 e. The van der Waals surface area contributed by atoms with E-state index in [0.717, 1.165) is 0 Å². The zero-order valence-corrected chi connectivity index (χ0v) is 23.4. The van der Waals surface area contributed by atoms with Gasteiger partial charge in [-0.25, -0.2) is 4.79 Å². The van der Waals surface area contributed by atoms with Gasteiger partial charge in [-0.1, -0.05) is 0 Å². The summed E-state index contributed by atoms with van der Waals surface area (Å²) >= 11 is 7.62. The molecule has 0 rings (SSSR count). The van der Waals surface area contributed by atoms with E-state index in [0.29, 0.717) is 0 Å². The molecule has 2 atom stereocenters. The third-order valence-electron chi connectivity index (χ3n) is 4.45. The van der Waals surface area contributed by atoms with E-state index in [2.05, 4.69) is 67.8 Å². The number of nitrogens with two attached hydrogens (primary N) is 1. The van der Waals surface area contributed by atoms with Crippen LogP contribution in [0.2, 0.25) is 0 Å². The first-order valence-corrected chi connectivity index (χ1v) is 12.9. The fourth-order valence-electron chi connectivity index (χ4n) is 2.26. The van der Waals surface area contributed by atoms with E-state index >= 15 is 0 Å². The van der Waals surface area contributed by atoms with Gasteiger partial charge in [0.1, 0.15) is 6.04 Å². The molecular weight excluding hydrogens is 590 g/mol. The SMILES string of the molecule is NC(CS)C(=O)NCC(=O)NCC(=O)NCC(=O)NCC(=O)NCC(=O)NCC(=O)NCC(=O)NC(CS)C(=O)O. The second-order valence-electron chi connectivity index (χ2n) is 7.81. The minimum atomic E-state index is -1.30. The zero-order valence-electron chi connectivity index (χ0n) is 21.6. The first-order valence-electron chi connectivity index (χ1n) is 11.7. The van der Waals surface area contributed by atoms with Gasteiger partial charge in [-0.15, -0.1) is 0 Å². The summed E-state index contributed by atoms with van der Waals surface area (Å²) in [7, 11) is 0. The van der Waals surface area contributed by atoms with Crippen LogP contribution in [-0.4, -0.2) is 128 Å². The van der Waals surface area contributed by atoms with Gasteiger partial charge in [0.25, 0.3) is 0 Å². The molecule has 41 heavy (non-hydrogen) atoms. The molecule has 19 nitrogen and oxygen atoms in total. The van der Waals surface area contributed by atoms with Crippen molar-refractivity contribution < 1.29 is 48.3 Å². The highest BCUT2D eigenvalue weighted by atomic mass is 32.1. The van der Waals surface area contributed by atoms with Crippen LogP contribution in [0.4, 0.5) is 0 Å². The first-order chi connectivity index (χ1) is 19.3. The van der Waals surface area contributed by atoms with Crippen LogP contribution in [0.1, 0.15) is 0 Å². The molecule has 0 saturated heterocycles. The summed E-state index contributed by atoms with van der Waals surface area (Å²) in [5.41, 5.74) is 5.42. The van der Waals surface area contributed by atoms with E-state index in [4.69, 9.17) is 10.8 Å². The molecule has 0 bridgehead atoms. The summed E-state index contributed by atoms with van der Waals surface area (Å²) in [5, 5.41) is 26.3. The third kappa shape index (κ3) is 18.7. The van der Waals surface area contributed by atoms with Crippen LogP contribution in [-0.2, 0) is 43.2 Å². The highest BCUT2D eigenvalue weighted by Crippen LogP contribution is 1.87. The number of amides is 8. The normalized spacial score (nSPS) is 11.5. The van der Waals surface area contributed by atoms with Gasteiger partial charge in [-0.3, -0.25) is 38.4 Å². The molecule has 8 amide bonds. The molecule has 0 aromatic heterocycles. The first kappa shape index (κ1) is 36.9. The van der Waals surface area contributed by atoms with Crippen LogP contribution in [0.3, 0.4) is 0 Å². The highest BCUT2D eigenvalue weighted by molar-refractivity contribution is 7.80. The van der Waals surface area contributed by atoms with Gasteiger partial charge >= 0.3 is 5.97 Å². The molecule has 0 spiro atoms. The van der Waals surface area contributed by atoms with Gasteiger partial charge in [0.15, 0.2) is 0 Å². The fraction of sp³-hybridized carbons (Fsp3) is 0.550. The van der Waals surface area contributed by atoms with Crippen LogP contribution in [0, 0.1) is 0 Å². The van der Waals surface area contributed by atoms with Gasteiger partial charge in [0.2, 0.25) is 47.3 Å². The number of hydrogen-bond acceptors (Lipinski definition) is 12. The van der Waals surface area contributed by atoms with Crippen molar-refractivity contribution in [3.8, 4) is 0 Å². The Balaban J connectivity index is 4.02. The molecule has 0 aromatic rings. The smallest absolute Gasteiger partial charge is 0.327 e. The largest absolute Gasteiger partial charge is 0.480 e. The molecule has 0 aliphatic rings. The monoisotopic (exact) mass is 623 g/mol. The lowest BCUT2D eigenvalue weighted by Crippen LogP contribution is -2.49. The molecule has 11 N–H and O–H groups in total. The summed E-state index contributed by atoms with van der Waals surface area (Å²) < 4.78 is 0. The Kier molecular flexibility index (Phi) is 18.7. The molecule has 2 unspecified atom stereocenters. The Morgan fingerprint density at radius 3 is 1.07 bits per heavy atom. The van der Waals surface area contributed by atoms with E-state index < -0.39 is 111 Å². The summed E-state index contributed by atoms with van der Waals surface area (Å²) in [4.78, 5) is 104. The standard InChI is InChI=1S/C20H33N9O10S2/c21-10(8-40)19(37)28-6-17(35)26-4-15(33)24-2-13(31)22-1-12(30)23-3-14(32)25-5-16(34)27-7-18(36)29-11(9-41)20(38)39/h10-11,40-41H,1-9,21H2,(H,22,31)(H,23,30)(H,24,33)(H,25,32)(H,26,35)(H,27,34)(H,28,37)(H,29,36)(H,38,39). The van der Waals surface area contributed by atoms with Crippen molar-refractivity contribution in [2.24, 2.45) is 5.73 Å². The third-order valence-corrected chi connectivity index (χ3v) is 5.21. The van der Waals surface area contributed by atoms with Crippen LogP contribution >= 0.6 is 25.3 Å². The average molecular weight is 624 g/mol. The number of carboxylic acids is 1. The number of rotatable bonds is 19. The quantitative estimate of drug-likeness (QED) is 0.0600. The van der Waals surface area contributed by atoms with Gasteiger partial charge in [0.05, 0.1) is 51.9 Å². The van der Waals surface area contributed by atoms with Crippen LogP contribution in [0.5, 0.6) is 0 Å². The van der Waals surface area contributed by atoms with Crippen molar-refractivity contribution in [3.63, 3.8) is 0 Å². The van der Waals surface area contributed by atoms with Crippen molar-refractivity contribution in [1.82, 2.24) is 42.5 Å². The molecule has 0 aliphatic heterocycles. The molecular formula is C20H33N9O10S2. The maximum atomic E-state index is 11.8. The van der Waals surface area contributed by atoms with E-state index in [1.54, 1.807) is 0 Å². The summed E-state index contributed by atoms with van der Waals surface area (Å²) in [6.45, 7) is -3.57. The summed E-state index contributed by atoms with van der Waals surface area (Å²) in [5.74, 6) is -7.16. The molecule has 0 radical (unpaired) electrons. The van der Waals surface area contributed by atoms with Crippen molar-refractivity contribution in [3.05, 3.63) is 0 Å². The average Bonchev–Trinajstić information content (AvgIpc) is 2.95. The van der Waals surface area contributed by atoms with E-state index in [1.165, 1.54) is 0 Å². The topological polar surface area (TPSA) is 296 Å². The number of carbonyl (C=O) groups excluding carboxylic acids is 8. The van der Waals surface area contributed by atoms with Crippen LogP contribution in [0.15, 0.2) is 0 Å². The van der Waals surface area contributed by atoms with Crippen molar-refractivity contribution in [2.45, 2.75) is 12.1 Å². The maximum absolute atomic E-state index is 11.8. The Morgan fingerprint density at radius 1 is 0.512 bits per heavy atom. The molecule has 0 aromatic carbocycles.